The molecule has 1 unspecified atom stereocenters. The molecular weight excluding hydrogens is 242 g/mol. The number of fused-ring (bicyclic) bond motifs is 1. The summed E-state index contributed by atoms with van der Waals surface area (Å²) in [5.74, 6) is 0.643. The fourth-order valence-electron chi connectivity index (χ4n) is 2.22. The summed E-state index contributed by atoms with van der Waals surface area (Å²) in [5.41, 5.74) is 2.51. The third-order valence-corrected chi connectivity index (χ3v) is 3.18. The van der Waals surface area contributed by atoms with E-state index in [1.807, 2.05) is 30.3 Å². The van der Waals surface area contributed by atoms with Crippen molar-refractivity contribution in [2.24, 2.45) is 0 Å². The van der Waals surface area contributed by atoms with E-state index >= 15 is 0 Å². The summed E-state index contributed by atoms with van der Waals surface area (Å²) < 4.78 is 5.82. The molecule has 0 bridgehead atoms. The van der Waals surface area contributed by atoms with Gasteiger partial charge in [0.15, 0.2) is 0 Å². The predicted molar refractivity (Wildman–Crippen MR) is 71.9 cm³/mol. The standard InChI is InChI=1S/C15H11NO3/c1-10-13-9-12(16(17)18)7-8-14(13)19-15(10)11-5-3-2-4-6-11/h2-9,15H,1H2. The molecule has 0 saturated carbocycles. The van der Waals surface area contributed by atoms with Gasteiger partial charge in [-0.25, -0.2) is 0 Å². The Balaban J connectivity index is 2.01. The van der Waals surface area contributed by atoms with E-state index < -0.39 is 4.92 Å². The van der Waals surface area contributed by atoms with Gasteiger partial charge in [0.05, 0.1) is 4.92 Å². The second-order valence-corrected chi connectivity index (χ2v) is 4.37. The van der Waals surface area contributed by atoms with Gasteiger partial charge in [-0.05, 0) is 11.6 Å². The van der Waals surface area contributed by atoms with E-state index in [0.717, 1.165) is 11.1 Å². The molecule has 1 atom stereocenters. The van der Waals surface area contributed by atoms with Gasteiger partial charge in [0.2, 0.25) is 0 Å². The van der Waals surface area contributed by atoms with Crippen molar-refractivity contribution in [1.29, 1.82) is 0 Å². The summed E-state index contributed by atoms with van der Waals surface area (Å²) in [5, 5.41) is 10.8. The quantitative estimate of drug-likeness (QED) is 0.605. The van der Waals surface area contributed by atoms with Gasteiger partial charge >= 0.3 is 0 Å². The van der Waals surface area contributed by atoms with E-state index in [9.17, 15) is 10.1 Å². The molecule has 0 spiro atoms. The molecule has 4 heteroatoms. The first kappa shape index (κ1) is 11.5. The summed E-state index contributed by atoms with van der Waals surface area (Å²) in [7, 11) is 0. The number of rotatable bonds is 2. The van der Waals surface area contributed by atoms with Crippen LogP contribution >= 0.6 is 0 Å². The minimum absolute atomic E-state index is 0.0530. The molecule has 3 rings (SSSR count). The maximum atomic E-state index is 10.8. The first-order valence-corrected chi connectivity index (χ1v) is 5.86. The fraction of sp³-hybridized carbons (Fsp3) is 0.0667. The Bertz CT molecular complexity index is 664. The van der Waals surface area contributed by atoms with Gasteiger partial charge in [-0.15, -0.1) is 0 Å². The molecule has 94 valence electrons. The Morgan fingerprint density at radius 1 is 1.16 bits per heavy atom. The SMILES string of the molecule is C=C1c2cc([N+](=O)[O-])ccc2OC1c1ccccc1. The topological polar surface area (TPSA) is 52.4 Å². The van der Waals surface area contributed by atoms with Gasteiger partial charge in [-0.2, -0.15) is 0 Å². The number of ether oxygens (including phenoxy) is 1. The van der Waals surface area contributed by atoms with Crippen molar-refractivity contribution >= 4 is 11.3 Å². The summed E-state index contributed by atoms with van der Waals surface area (Å²) in [6.07, 6.45) is -0.266. The lowest BCUT2D eigenvalue weighted by Crippen LogP contribution is -2.01. The van der Waals surface area contributed by atoms with E-state index in [2.05, 4.69) is 6.58 Å². The molecule has 1 aliphatic heterocycles. The van der Waals surface area contributed by atoms with Gasteiger partial charge in [-0.1, -0.05) is 36.9 Å². The average Bonchev–Trinajstić information content (AvgIpc) is 2.77. The number of hydrogen-bond acceptors (Lipinski definition) is 3. The summed E-state index contributed by atoms with van der Waals surface area (Å²) >= 11 is 0. The Labute approximate surface area is 110 Å². The highest BCUT2D eigenvalue weighted by atomic mass is 16.6. The monoisotopic (exact) mass is 253 g/mol. The zero-order valence-electron chi connectivity index (χ0n) is 10.1. The van der Waals surface area contributed by atoms with Crippen molar-refractivity contribution in [2.75, 3.05) is 0 Å². The first-order valence-electron chi connectivity index (χ1n) is 5.86. The van der Waals surface area contributed by atoms with Gasteiger partial charge in [0.25, 0.3) is 5.69 Å². The zero-order chi connectivity index (χ0) is 13.4. The van der Waals surface area contributed by atoms with Crippen LogP contribution in [0.4, 0.5) is 5.69 Å². The van der Waals surface area contributed by atoms with Crippen LogP contribution in [0.15, 0.2) is 55.1 Å². The first-order chi connectivity index (χ1) is 9.16. The number of nitrogens with zero attached hydrogens (tertiary/aromatic N) is 1. The minimum atomic E-state index is -0.413. The molecule has 0 radical (unpaired) electrons. The van der Waals surface area contributed by atoms with Crippen LogP contribution in [0.25, 0.3) is 5.57 Å². The number of nitro groups is 1. The molecule has 0 aliphatic carbocycles. The van der Waals surface area contributed by atoms with Gasteiger partial charge < -0.3 is 4.74 Å². The van der Waals surface area contributed by atoms with E-state index in [-0.39, 0.29) is 11.8 Å². The Morgan fingerprint density at radius 2 is 1.89 bits per heavy atom. The minimum Gasteiger partial charge on any atom is -0.480 e. The van der Waals surface area contributed by atoms with Crippen molar-refractivity contribution in [3.63, 3.8) is 0 Å². The predicted octanol–water partition coefficient (Wildman–Crippen LogP) is 3.74. The highest BCUT2D eigenvalue weighted by Crippen LogP contribution is 2.45. The van der Waals surface area contributed by atoms with Crippen molar-refractivity contribution in [1.82, 2.24) is 0 Å². The lowest BCUT2D eigenvalue weighted by molar-refractivity contribution is -0.384. The van der Waals surface area contributed by atoms with Crippen molar-refractivity contribution in [2.45, 2.75) is 6.10 Å². The Hall–Kier alpha value is -2.62. The van der Waals surface area contributed by atoms with E-state index in [0.29, 0.717) is 11.3 Å². The smallest absolute Gasteiger partial charge is 0.270 e. The highest BCUT2D eigenvalue weighted by Gasteiger charge is 2.29. The second-order valence-electron chi connectivity index (χ2n) is 4.37. The summed E-state index contributed by atoms with van der Waals surface area (Å²) in [6.45, 7) is 4.01. The van der Waals surface area contributed by atoms with Crippen LogP contribution in [0.3, 0.4) is 0 Å². The average molecular weight is 253 g/mol. The zero-order valence-corrected chi connectivity index (χ0v) is 10.1. The number of hydrogen-bond donors (Lipinski definition) is 0. The molecule has 0 saturated heterocycles. The van der Waals surface area contributed by atoms with Gasteiger partial charge in [0.1, 0.15) is 11.9 Å². The third kappa shape index (κ3) is 1.87. The van der Waals surface area contributed by atoms with Crippen molar-refractivity contribution in [3.05, 3.63) is 76.4 Å². The lowest BCUT2D eigenvalue weighted by atomic mass is 9.99. The lowest BCUT2D eigenvalue weighted by Gasteiger charge is -2.11. The number of nitro benzene ring substituents is 1. The van der Waals surface area contributed by atoms with Gasteiger partial charge in [0, 0.05) is 23.3 Å². The molecule has 0 amide bonds. The number of benzene rings is 2. The van der Waals surface area contributed by atoms with Crippen LogP contribution in [0, 0.1) is 10.1 Å². The number of non-ortho nitro benzene ring substituents is 1. The third-order valence-electron chi connectivity index (χ3n) is 3.18. The molecule has 0 N–H and O–H groups in total. The van der Waals surface area contributed by atoms with E-state index in [4.69, 9.17) is 4.74 Å². The summed E-state index contributed by atoms with van der Waals surface area (Å²) in [6, 6.07) is 14.3. The van der Waals surface area contributed by atoms with Crippen LogP contribution in [0.1, 0.15) is 17.2 Å². The highest BCUT2D eigenvalue weighted by molar-refractivity contribution is 5.78. The largest absolute Gasteiger partial charge is 0.480 e. The summed E-state index contributed by atoms with van der Waals surface area (Å²) in [4.78, 5) is 10.4. The molecule has 2 aromatic rings. The fourth-order valence-corrected chi connectivity index (χ4v) is 2.22. The Morgan fingerprint density at radius 3 is 2.58 bits per heavy atom. The molecule has 4 nitrogen and oxygen atoms in total. The maximum Gasteiger partial charge on any atom is 0.270 e. The normalized spacial score (nSPS) is 16.8. The molecule has 1 aliphatic rings. The van der Waals surface area contributed by atoms with E-state index in [1.165, 1.54) is 12.1 Å². The Kier molecular flexibility index (Phi) is 2.56. The molecule has 0 fully saturated rings. The van der Waals surface area contributed by atoms with Gasteiger partial charge in [-0.3, -0.25) is 10.1 Å². The van der Waals surface area contributed by atoms with Crippen LogP contribution in [0.5, 0.6) is 5.75 Å². The van der Waals surface area contributed by atoms with Crippen LogP contribution < -0.4 is 4.74 Å². The van der Waals surface area contributed by atoms with Crippen LogP contribution in [-0.2, 0) is 0 Å². The van der Waals surface area contributed by atoms with E-state index in [1.54, 1.807) is 6.07 Å². The molecule has 19 heavy (non-hydrogen) atoms. The molecule has 2 aromatic carbocycles. The molecular formula is C15H11NO3. The molecule has 1 heterocycles. The second kappa shape index (κ2) is 4.24. The van der Waals surface area contributed by atoms with Crippen molar-refractivity contribution < 1.29 is 9.66 Å². The molecule has 0 aromatic heterocycles. The maximum absolute atomic E-state index is 10.8. The van der Waals surface area contributed by atoms with Crippen molar-refractivity contribution in [3.8, 4) is 5.75 Å². The van der Waals surface area contributed by atoms with Crippen LogP contribution in [0.2, 0.25) is 0 Å². The van der Waals surface area contributed by atoms with Crippen LogP contribution in [-0.4, -0.2) is 4.92 Å².